The van der Waals surface area contributed by atoms with Crippen LogP contribution in [-0.2, 0) is 19.0 Å². The monoisotopic (exact) mass is 188 g/mol. The van der Waals surface area contributed by atoms with Gasteiger partial charge < -0.3 is 14.2 Å². The third-order valence-corrected chi connectivity index (χ3v) is 1.73. The van der Waals surface area contributed by atoms with Gasteiger partial charge in [0.25, 0.3) is 0 Å². The van der Waals surface area contributed by atoms with Gasteiger partial charge in [-0.2, -0.15) is 0 Å². The lowest BCUT2D eigenvalue weighted by atomic mass is 10.2. The molecule has 1 fully saturated rings. The number of rotatable bonds is 4. The molecule has 1 rings (SSSR count). The molecule has 4 heteroatoms. The fourth-order valence-electron chi connectivity index (χ4n) is 1.02. The summed E-state index contributed by atoms with van der Waals surface area (Å²) in [5.74, 6) is -0.0339. The zero-order valence-electron chi connectivity index (χ0n) is 8.12. The number of Topliss-reactive ketones (excluding diaryl/α,β-unsaturated/α-hetero) is 1. The van der Waals surface area contributed by atoms with E-state index in [4.69, 9.17) is 14.2 Å². The third-order valence-electron chi connectivity index (χ3n) is 1.73. The van der Waals surface area contributed by atoms with Gasteiger partial charge in [-0.3, -0.25) is 4.79 Å². The summed E-state index contributed by atoms with van der Waals surface area (Å²) in [4.78, 5) is 11.4. The molecule has 1 saturated heterocycles. The van der Waals surface area contributed by atoms with Crippen LogP contribution in [0.4, 0.5) is 0 Å². The van der Waals surface area contributed by atoms with Crippen LogP contribution in [0.2, 0.25) is 0 Å². The van der Waals surface area contributed by atoms with E-state index in [2.05, 4.69) is 0 Å². The van der Waals surface area contributed by atoms with Gasteiger partial charge in [0.1, 0.15) is 12.7 Å². The first-order valence-electron chi connectivity index (χ1n) is 4.54. The van der Waals surface area contributed by atoms with E-state index < -0.39 is 6.10 Å². The minimum atomic E-state index is -0.424. The van der Waals surface area contributed by atoms with Gasteiger partial charge in [-0.15, -0.1) is 0 Å². The Balaban J connectivity index is 2.21. The van der Waals surface area contributed by atoms with Crippen LogP contribution in [-0.4, -0.2) is 44.4 Å². The lowest BCUT2D eigenvalue weighted by molar-refractivity contribution is -0.150. The summed E-state index contributed by atoms with van der Waals surface area (Å²) in [5, 5.41) is 0. The first-order chi connectivity index (χ1) is 6.20. The van der Waals surface area contributed by atoms with Crippen molar-refractivity contribution in [3.8, 4) is 0 Å². The Morgan fingerprint density at radius 1 is 1.54 bits per heavy atom. The molecule has 1 atom stereocenters. The molecule has 0 N–H and O–H groups in total. The Labute approximate surface area is 78.2 Å². The van der Waals surface area contributed by atoms with Gasteiger partial charge in [-0.25, -0.2) is 0 Å². The number of carbonyl (C=O) groups is 1. The van der Waals surface area contributed by atoms with Crippen LogP contribution in [0.1, 0.15) is 13.8 Å². The maximum atomic E-state index is 11.4. The highest BCUT2D eigenvalue weighted by molar-refractivity contribution is 5.84. The molecule has 0 aromatic heterocycles. The van der Waals surface area contributed by atoms with Crippen LogP contribution in [0, 0.1) is 0 Å². The van der Waals surface area contributed by atoms with E-state index in [9.17, 15) is 4.79 Å². The van der Waals surface area contributed by atoms with Crippen LogP contribution in [0.15, 0.2) is 0 Å². The van der Waals surface area contributed by atoms with E-state index in [1.807, 2.05) is 13.8 Å². The van der Waals surface area contributed by atoms with Crippen molar-refractivity contribution in [3.63, 3.8) is 0 Å². The quantitative estimate of drug-likeness (QED) is 0.640. The van der Waals surface area contributed by atoms with Crippen molar-refractivity contribution in [2.45, 2.75) is 26.1 Å². The SMILES string of the molecule is CC(C)OCC(=O)C1COCCO1. The van der Waals surface area contributed by atoms with E-state index in [1.54, 1.807) is 0 Å². The van der Waals surface area contributed by atoms with Crippen molar-refractivity contribution in [3.05, 3.63) is 0 Å². The van der Waals surface area contributed by atoms with Gasteiger partial charge in [0.05, 0.1) is 25.9 Å². The molecular weight excluding hydrogens is 172 g/mol. The fourth-order valence-corrected chi connectivity index (χ4v) is 1.02. The van der Waals surface area contributed by atoms with E-state index in [0.717, 1.165) is 0 Å². The molecule has 1 unspecified atom stereocenters. The van der Waals surface area contributed by atoms with E-state index in [0.29, 0.717) is 19.8 Å². The molecule has 1 aliphatic rings. The highest BCUT2D eigenvalue weighted by atomic mass is 16.6. The average Bonchev–Trinajstić information content (AvgIpc) is 2.15. The second-order valence-electron chi connectivity index (χ2n) is 3.26. The molecule has 0 saturated carbocycles. The Morgan fingerprint density at radius 3 is 2.85 bits per heavy atom. The summed E-state index contributed by atoms with van der Waals surface area (Å²) in [6.45, 7) is 5.34. The van der Waals surface area contributed by atoms with Crippen molar-refractivity contribution in [2.24, 2.45) is 0 Å². The smallest absolute Gasteiger partial charge is 0.189 e. The van der Waals surface area contributed by atoms with Crippen LogP contribution >= 0.6 is 0 Å². The summed E-state index contributed by atoms with van der Waals surface area (Å²) in [7, 11) is 0. The Hall–Kier alpha value is -0.450. The lowest BCUT2D eigenvalue weighted by Crippen LogP contribution is -2.37. The van der Waals surface area contributed by atoms with Gasteiger partial charge in [-0.1, -0.05) is 0 Å². The zero-order chi connectivity index (χ0) is 9.68. The number of hydrogen-bond acceptors (Lipinski definition) is 4. The minimum Gasteiger partial charge on any atom is -0.376 e. The zero-order valence-corrected chi connectivity index (χ0v) is 8.12. The van der Waals surface area contributed by atoms with E-state index >= 15 is 0 Å². The van der Waals surface area contributed by atoms with Crippen molar-refractivity contribution < 1.29 is 19.0 Å². The normalized spacial score (nSPS) is 23.5. The molecule has 1 aliphatic heterocycles. The average molecular weight is 188 g/mol. The number of hydrogen-bond donors (Lipinski definition) is 0. The molecular formula is C9H16O4. The van der Waals surface area contributed by atoms with Gasteiger partial charge in [0.15, 0.2) is 5.78 Å². The molecule has 0 aromatic carbocycles. The summed E-state index contributed by atoms with van der Waals surface area (Å²) < 4.78 is 15.5. The van der Waals surface area contributed by atoms with Crippen LogP contribution in [0.25, 0.3) is 0 Å². The summed E-state index contributed by atoms with van der Waals surface area (Å²) in [6.07, 6.45) is -0.346. The van der Waals surface area contributed by atoms with Gasteiger partial charge in [-0.05, 0) is 13.8 Å². The Morgan fingerprint density at radius 2 is 2.31 bits per heavy atom. The topological polar surface area (TPSA) is 44.8 Å². The van der Waals surface area contributed by atoms with Crippen molar-refractivity contribution in [1.82, 2.24) is 0 Å². The van der Waals surface area contributed by atoms with Gasteiger partial charge in [0, 0.05) is 0 Å². The Bertz CT molecular complexity index is 161. The maximum Gasteiger partial charge on any atom is 0.189 e. The van der Waals surface area contributed by atoms with Crippen LogP contribution in [0.3, 0.4) is 0 Å². The first kappa shape index (κ1) is 10.6. The van der Waals surface area contributed by atoms with Crippen molar-refractivity contribution in [2.75, 3.05) is 26.4 Å². The molecule has 0 aromatic rings. The molecule has 0 amide bonds. The largest absolute Gasteiger partial charge is 0.376 e. The molecule has 0 spiro atoms. The van der Waals surface area contributed by atoms with Gasteiger partial charge in [0.2, 0.25) is 0 Å². The van der Waals surface area contributed by atoms with Gasteiger partial charge >= 0.3 is 0 Å². The lowest BCUT2D eigenvalue weighted by Gasteiger charge is -2.21. The second kappa shape index (κ2) is 5.32. The molecule has 1 heterocycles. The predicted octanol–water partition coefficient (Wildman–Crippen LogP) is 0.396. The van der Waals surface area contributed by atoms with Crippen LogP contribution < -0.4 is 0 Å². The van der Waals surface area contributed by atoms with Crippen molar-refractivity contribution >= 4 is 5.78 Å². The minimum absolute atomic E-state index is 0.0339. The highest BCUT2D eigenvalue weighted by Crippen LogP contribution is 2.02. The highest BCUT2D eigenvalue weighted by Gasteiger charge is 2.22. The first-order valence-corrected chi connectivity index (χ1v) is 4.54. The predicted molar refractivity (Wildman–Crippen MR) is 46.7 cm³/mol. The van der Waals surface area contributed by atoms with Crippen LogP contribution in [0.5, 0.6) is 0 Å². The summed E-state index contributed by atoms with van der Waals surface area (Å²) in [6, 6.07) is 0. The molecule has 0 aliphatic carbocycles. The maximum absolute atomic E-state index is 11.4. The van der Waals surface area contributed by atoms with Crippen molar-refractivity contribution in [1.29, 1.82) is 0 Å². The molecule has 13 heavy (non-hydrogen) atoms. The second-order valence-corrected chi connectivity index (χ2v) is 3.26. The third kappa shape index (κ3) is 3.85. The number of ketones is 1. The summed E-state index contributed by atoms with van der Waals surface area (Å²) in [5.41, 5.74) is 0. The van der Waals surface area contributed by atoms with E-state index in [1.165, 1.54) is 0 Å². The molecule has 4 nitrogen and oxygen atoms in total. The summed E-state index contributed by atoms with van der Waals surface area (Å²) >= 11 is 0. The van der Waals surface area contributed by atoms with E-state index in [-0.39, 0.29) is 18.5 Å². The molecule has 0 bridgehead atoms. The Kier molecular flexibility index (Phi) is 4.35. The number of carbonyl (C=O) groups excluding carboxylic acids is 1. The number of ether oxygens (including phenoxy) is 3. The molecule has 0 radical (unpaired) electrons. The molecule has 76 valence electrons. The standard InChI is InChI=1S/C9H16O4/c1-7(2)13-5-8(10)9-6-11-3-4-12-9/h7,9H,3-6H2,1-2H3. The fraction of sp³-hybridized carbons (Fsp3) is 0.889.